The maximum atomic E-state index is 5.47. The van der Waals surface area contributed by atoms with E-state index in [1.165, 1.54) is 24.0 Å². The molecule has 0 spiro atoms. The molecule has 2 heteroatoms. The molecule has 0 aromatic heterocycles. The van der Waals surface area contributed by atoms with Gasteiger partial charge in [-0.1, -0.05) is 45.4 Å². The first-order chi connectivity index (χ1) is 9.34. The summed E-state index contributed by atoms with van der Waals surface area (Å²) in [6, 6.07) is 7.02. The molecule has 1 N–H and O–H groups in total. The Balaban J connectivity index is 2.54. The molecular weight excluding hydrogens is 246 g/mol. The fourth-order valence-electron chi connectivity index (χ4n) is 2.40. The third-order valence-electron chi connectivity index (χ3n) is 3.86. The first-order valence-electron chi connectivity index (χ1n) is 7.71. The van der Waals surface area contributed by atoms with E-state index in [9.17, 15) is 0 Å². The van der Waals surface area contributed by atoms with Gasteiger partial charge < -0.3 is 10.1 Å². The smallest absolute Gasteiger partial charge is 0.122 e. The molecule has 0 radical (unpaired) electrons. The normalized spacial score (nSPS) is 11.9. The van der Waals surface area contributed by atoms with Crippen molar-refractivity contribution in [2.24, 2.45) is 5.41 Å². The van der Waals surface area contributed by atoms with Crippen molar-refractivity contribution in [3.8, 4) is 5.75 Å². The van der Waals surface area contributed by atoms with Crippen LogP contribution in [0.25, 0.3) is 0 Å². The third-order valence-corrected chi connectivity index (χ3v) is 3.86. The Labute approximate surface area is 124 Å². The highest BCUT2D eigenvalue weighted by Gasteiger charge is 2.18. The second-order valence-corrected chi connectivity index (χ2v) is 6.84. The van der Waals surface area contributed by atoms with Gasteiger partial charge in [0.05, 0.1) is 7.11 Å². The monoisotopic (exact) mass is 277 g/mol. The van der Waals surface area contributed by atoms with Crippen LogP contribution in [0.4, 0.5) is 0 Å². The molecule has 0 amide bonds. The van der Waals surface area contributed by atoms with Gasteiger partial charge in [-0.25, -0.2) is 0 Å². The van der Waals surface area contributed by atoms with Crippen molar-refractivity contribution < 1.29 is 4.74 Å². The van der Waals surface area contributed by atoms with Crippen molar-refractivity contribution in [1.29, 1.82) is 0 Å². The summed E-state index contributed by atoms with van der Waals surface area (Å²) in [5.41, 5.74) is 2.99. The van der Waals surface area contributed by atoms with Crippen LogP contribution in [-0.2, 0) is 6.42 Å². The summed E-state index contributed by atoms with van der Waals surface area (Å²) >= 11 is 0. The SMILES string of the molecule is COc1ccc(C)cc1CCC(C)(C)CCNC(C)C. The van der Waals surface area contributed by atoms with Crippen LogP contribution in [0.3, 0.4) is 0 Å². The molecule has 1 aromatic carbocycles. The standard InChI is InChI=1S/C18H31NO/c1-14(2)19-12-11-18(4,5)10-9-16-13-15(3)7-8-17(16)20-6/h7-8,13-14,19H,9-12H2,1-6H3. The average molecular weight is 277 g/mol. The van der Waals surface area contributed by atoms with E-state index in [2.05, 4.69) is 58.1 Å². The fourth-order valence-corrected chi connectivity index (χ4v) is 2.40. The zero-order chi connectivity index (χ0) is 15.2. The molecule has 20 heavy (non-hydrogen) atoms. The number of hydrogen-bond donors (Lipinski definition) is 1. The van der Waals surface area contributed by atoms with E-state index in [1.807, 2.05) is 0 Å². The van der Waals surface area contributed by atoms with Crippen molar-refractivity contribution in [3.63, 3.8) is 0 Å². The molecule has 1 rings (SSSR count). The number of aryl methyl sites for hydroxylation is 2. The van der Waals surface area contributed by atoms with Crippen molar-refractivity contribution in [3.05, 3.63) is 29.3 Å². The highest BCUT2D eigenvalue weighted by atomic mass is 16.5. The molecular formula is C18H31NO. The Morgan fingerprint density at radius 1 is 1.20 bits per heavy atom. The molecule has 0 fully saturated rings. The van der Waals surface area contributed by atoms with Gasteiger partial charge in [0.1, 0.15) is 5.75 Å². The first kappa shape index (κ1) is 17.0. The quantitative estimate of drug-likeness (QED) is 0.762. The molecule has 0 saturated carbocycles. The van der Waals surface area contributed by atoms with E-state index in [0.29, 0.717) is 11.5 Å². The maximum Gasteiger partial charge on any atom is 0.122 e. The minimum absolute atomic E-state index is 0.358. The summed E-state index contributed by atoms with van der Waals surface area (Å²) in [6.07, 6.45) is 3.48. The molecule has 0 atom stereocenters. The molecule has 0 bridgehead atoms. The molecule has 0 saturated heterocycles. The highest BCUT2D eigenvalue weighted by molar-refractivity contribution is 5.37. The Kier molecular flexibility index (Phi) is 6.54. The van der Waals surface area contributed by atoms with Crippen LogP contribution in [0.15, 0.2) is 18.2 Å². The van der Waals surface area contributed by atoms with E-state index < -0.39 is 0 Å². The number of ether oxygens (including phenoxy) is 1. The summed E-state index contributed by atoms with van der Waals surface area (Å²) in [5.74, 6) is 1.02. The molecule has 1 aromatic rings. The second-order valence-electron chi connectivity index (χ2n) is 6.84. The zero-order valence-electron chi connectivity index (χ0n) is 14.0. The predicted molar refractivity (Wildman–Crippen MR) is 87.6 cm³/mol. The molecule has 0 heterocycles. The summed E-state index contributed by atoms with van der Waals surface area (Å²) in [5, 5.41) is 3.51. The average Bonchev–Trinajstić information content (AvgIpc) is 2.36. The predicted octanol–water partition coefficient (Wildman–Crippen LogP) is 4.35. The molecule has 0 aliphatic rings. The van der Waals surface area contributed by atoms with E-state index in [0.717, 1.165) is 18.7 Å². The summed E-state index contributed by atoms with van der Waals surface area (Å²) in [6.45, 7) is 12.3. The summed E-state index contributed by atoms with van der Waals surface area (Å²) in [4.78, 5) is 0. The highest BCUT2D eigenvalue weighted by Crippen LogP contribution is 2.29. The van der Waals surface area contributed by atoms with Gasteiger partial charge in [-0.15, -0.1) is 0 Å². The van der Waals surface area contributed by atoms with Gasteiger partial charge in [-0.05, 0) is 49.8 Å². The van der Waals surface area contributed by atoms with Crippen LogP contribution in [0.1, 0.15) is 51.7 Å². The Bertz CT molecular complexity index is 410. The van der Waals surface area contributed by atoms with E-state index in [1.54, 1.807) is 7.11 Å². The van der Waals surface area contributed by atoms with Gasteiger partial charge >= 0.3 is 0 Å². The van der Waals surface area contributed by atoms with Gasteiger partial charge in [-0.3, -0.25) is 0 Å². The lowest BCUT2D eigenvalue weighted by Crippen LogP contribution is -2.28. The minimum Gasteiger partial charge on any atom is -0.496 e. The number of methoxy groups -OCH3 is 1. The Morgan fingerprint density at radius 3 is 2.50 bits per heavy atom. The van der Waals surface area contributed by atoms with Crippen LogP contribution in [0, 0.1) is 12.3 Å². The first-order valence-corrected chi connectivity index (χ1v) is 7.71. The van der Waals surface area contributed by atoms with E-state index in [4.69, 9.17) is 4.74 Å². The number of rotatable bonds is 8. The van der Waals surface area contributed by atoms with Crippen molar-refractivity contribution in [2.75, 3.05) is 13.7 Å². The molecule has 0 aliphatic carbocycles. The van der Waals surface area contributed by atoms with Gasteiger partial charge in [0.2, 0.25) is 0 Å². The topological polar surface area (TPSA) is 21.3 Å². The van der Waals surface area contributed by atoms with Crippen LogP contribution < -0.4 is 10.1 Å². The second kappa shape index (κ2) is 7.68. The van der Waals surface area contributed by atoms with Crippen LogP contribution in [0.5, 0.6) is 5.75 Å². The lowest BCUT2D eigenvalue weighted by molar-refractivity contribution is 0.296. The van der Waals surface area contributed by atoms with Gasteiger partial charge in [0, 0.05) is 6.04 Å². The van der Waals surface area contributed by atoms with Crippen molar-refractivity contribution in [1.82, 2.24) is 5.32 Å². The van der Waals surface area contributed by atoms with Gasteiger partial charge in [0.25, 0.3) is 0 Å². The molecule has 0 aliphatic heterocycles. The minimum atomic E-state index is 0.358. The third kappa shape index (κ3) is 5.96. The number of hydrogen-bond acceptors (Lipinski definition) is 2. The van der Waals surface area contributed by atoms with Crippen molar-refractivity contribution in [2.45, 2.75) is 59.9 Å². The number of nitrogens with one attached hydrogen (secondary N) is 1. The lowest BCUT2D eigenvalue weighted by atomic mass is 9.83. The van der Waals surface area contributed by atoms with Crippen LogP contribution in [0.2, 0.25) is 0 Å². The van der Waals surface area contributed by atoms with E-state index in [-0.39, 0.29) is 0 Å². The number of benzene rings is 1. The molecule has 0 unspecified atom stereocenters. The maximum absolute atomic E-state index is 5.47. The van der Waals surface area contributed by atoms with Crippen LogP contribution >= 0.6 is 0 Å². The van der Waals surface area contributed by atoms with Crippen LogP contribution in [-0.4, -0.2) is 19.7 Å². The summed E-state index contributed by atoms with van der Waals surface area (Å²) < 4.78 is 5.47. The largest absolute Gasteiger partial charge is 0.496 e. The molecule has 2 nitrogen and oxygen atoms in total. The fraction of sp³-hybridized carbons (Fsp3) is 0.667. The van der Waals surface area contributed by atoms with E-state index >= 15 is 0 Å². The van der Waals surface area contributed by atoms with Crippen molar-refractivity contribution >= 4 is 0 Å². The van der Waals surface area contributed by atoms with Gasteiger partial charge in [0.15, 0.2) is 0 Å². The summed E-state index contributed by atoms with van der Waals surface area (Å²) in [7, 11) is 1.76. The zero-order valence-corrected chi connectivity index (χ0v) is 14.0. The Morgan fingerprint density at radius 2 is 1.90 bits per heavy atom. The Hall–Kier alpha value is -1.02. The molecule has 114 valence electrons. The van der Waals surface area contributed by atoms with Gasteiger partial charge in [-0.2, -0.15) is 0 Å². The lowest BCUT2D eigenvalue weighted by Gasteiger charge is -2.26.